The first kappa shape index (κ1) is 17.8. The van der Waals surface area contributed by atoms with Gasteiger partial charge in [-0.25, -0.2) is 0 Å². The molecule has 1 heterocycles. The number of rotatable bonds is 4. The monoisotopic (exact) mass is 378 g/mol. The first-order chi connectivity index (χ1) is 9.15. The van der Waals surface area contributed by atoms with Crippen molar-refractivity contribution in [1.29, 1.82) is 0 Å². The maximum atomic E-state index is 12.2. The Balaban J connectivity index is 0.00000200. The molecule has 1 amide bonds. The fourth-order valence-corrected chi connectivity index (χ4v) is 3.51. The lowest BCUT2D eigenvalue weighted by molar-refractivity contribution is -0.130. The predicted octanol–water partition coefficient (Wildman–Crippen LogP) is 2.92. The van der Waals surface area contributed by atoms with Crippen molar-refractivity contribution >= 4 is 46.0 Å². The van der Waals surface area contributed by atoms with E-state index in [4.69, 9.17) is 0 Å². The molecule has 0 spiro atoms. The smallest absolute Gasteiger partial charge is 0.224 e. The van der Waals surface area contributed by atoms with Gasteiger partial charge in [0.1, 0.15) is 0 Å². The lowest BCUT2D eigenvalue weighted by atomic mass is 10.2. The van der Waals surface area contributed by atoms with E-state index in [1.807, 2.05) is 41.9 Å². The van der Waals surface area contributed by atoms with Gasteiger partial charge < -0.3 is 10.2 Å². The third-order valence-corrected chi connectivity index (χ3v) is 4.78. The van der Waals surface area contributed by atoms with Crippen LogP contribution in [0.3, 0.4) is 0 Å². The molecule has 1 aliphatic rings. The van der Waals surface area contributed by atoms with Crippen LogP contribution in [0, 0.1) is 0 Å². The highest BCUT2D eigenvalue weighted by Crippen LogP contribution is 2.15. The Morgan fingerprint density at radius 1 is 1.55 bits per heavy atom. The van der Waals surface area contributed by atoms with Gasteiger partial charge in [-0.2, -0.15) is 11.8 Å². The Hall–Kier alpha value is -0.230. The summed E-state index contributed by atoms with van der Waals surface area (Å²) in [6, 6.07) is 8.42. The molecule has 1 fully saturated rings. The minimum Gasteiger partial charge on any atom is -0.341 e. The molecule has 1 unspecified atom stereocenters. The summed E-state index contributed by atoms with van der Waals surface area (Å²) < 4.78 is 1.05. The molecular formula is C14H20BrClN2OS. The number of halogens is 2. The highest BCUT2D eigenvalue weighted by atomic mass is 79.9. The number of nitrogens with one attached hydrogen (secondary N) is 1. The fraction of sp³-hybridized carbons (Fsp3) is 0.500. The summed E-state index contributed by atoms with van der Waals surface area (Å²) in [6.45, 7) is 1.68. The van der Waals surface area contributed by atoms with Crippen molar-refractivity contribution in [2.75, 3.05) is 25.1 Å². The molecule has 0 aliphatic carbocycles. The van der Waals surface area contributed by atoms with Gasteiger partial charge in [-0.15, -0.1) is 12.4 Å². The zero-order valence-corrected chi connectivity index (χ0v) is 14.7. The Bertz CT molecular complexity index is 441. The largest absolute Gasteiger partial charge is 0.341 e. The summed E-state index contributed by atoms with van der Waals surface area (Å²) in [5, 5.41) is 3.40. The van der Waals surface area contributed by atoms with Crippen LogP contribution in [0.2, 0.25) is 0 Å². The number of hydrogen-bond donors (Lipinski definition) is 1. The van der Waals surface area contributed by atoms with Crippen LogP contribution in [0.4, 0.5) is 0 Å². The first-order valence-electron chi connectivity index (χ1n) is 6.44. The first-order valence-corrected chi connectivity index (χ1v) is 8.39. The highest BCUT2D eigenvalue weighted by Gasteiger charge is 2.19. The molecule has 1 aliphatic heterocycles. The van der Waals surface area contributed by atoms with Crippen molar-refractivity contribution in [3.8, 4) is 0 Å². The van der Waals surface area contributed by atoms with Gasteiger partial charge in [-0.1, -0.05) is 28.1 Å². The zero-order chi connectivity index (χ0) is 13.7. The number of carbonyl (C=O) groups excluding carboxylic acids is 1. The van der Waals surface area contributed by atoms with Crippen LogP contribution in [-0.4, -0.2) is 41.9 Å². The summed E-state index contributed by atoms with van der Waals surface area (Å²) in [4.78, 5) is 14.0. The van der Waals surface area contributed by atoms with E-state index in [9.17, 15) is 4.79 Å². The Morgan fingerprint density at radius 3 is 3.00 bits per heavy atom. The standard InChI is InChI=1S/C14H19BrN2OS.ClH/c1-17(9-11-3-2-4-12(15)7-11)14(18)8-13-10-19-6-5-16-13;/h2-4,7,13,16H,5-6,8-10H2,1H3;1H. The molecule has 1 N–H and O–H groups in total. The van der Waals surface area contributed by atoms with Gasteiger partial charge in [0, 0.05) is 48.6 Å². The normalized spacial score (nSPS) is 18.2. The topological polar surface area (TPSA) is 32.3 Å². The van der Waals surface area contributed by atoms with Crippen LogP contribution in [0.15, 0.2) is 28.7 Å². The fourth-order valence-electron chi connectivity index (χ4n) is 2.11. The lowest BCUT2D eigenvalue weighted by Gasteiger charge is -2.25. The lowest BCUT2D eigenvalue weighted by Crippen LogP contribution is -2.41. The van der Waals surface area contributed by atoms with Gasteiger partial charge in [0.15, 0.2) is 0 Å². The van der Waals surface area contributed by atoms with Gasteiger partial charge in [0.2, 0.25) is 5.91 Å². The van der Waals surface area contributed by atoms with E-state index in [-0.39, 0.29) is 18.3 Å². The maximum absolute atomic E-state index is 12.2. The maximum Gasteiger partial charge on any atom is 0.224 e. The van der Waals surface area contributed by atoms with Crippen molar-refractivity contribution in [2.45, 2.75) is 19.0 Å². The molecule has 6 heteroatoms. The molecule has 1 aromatic rings. The number of thioether (sulfide) groups is 1. The molecule has 3 nitrogen and oxygen atoms in total. The molecule has 1 aromatic carbocycles. The summed E-state index contributed by atoms with van der Waals surface area (Å²) in [5.74, 6) is 2.40. The number of benzene rings is 1. The minimum atomic E-state index is 0. The van der Waals surface area contributed by atoms with Crippen LogP contribution in [0.5, 0.6) is 0 Å². The van der Waals surface area contributed by atoms with E-state index >= 15 is 0 Å². The molecular weight excluding hydrogens is 360 g/mol. The third-order valence-electron chi connectivity index (χ3n) is 3.15. The Morgan fingerprint density at radius 2 is 2.35 bits per heavy atom. The second-order valence-electron chi connectivity index (χ2n) is 4.81. The van der Waals surface area contributed by atoms with Gasteiger partial charge in [0.25, 0.3) is 0 Å². The molecule has 1 saturated heterocycles. The number of nitrogens with zero attached hydrogens (tertiary/aromatic N) is 1. The van der Waals surface area contributed by atoms with E-state index in [1.165, 1.54) is 0 Å². The average Bonchev–Trinajstić information content (AvgIpc) is 2.40. The average molecular weight is 380 g/mol. The number of hydrogen-bond acceptors (Lipinski definition) is 3. The molecule has 0 radical (unpaired) electrons. The van der Waals surface area contributed by atoms with E-state index in [0.717, 1.165) is 28.1 Å². The van der Waals surface area contributed by atoms with Gasteiger partial charge in [-0.3, -0.25) is 4.79 Å². The van der Waals surface area contributed by atoms with Crippen LogP contribution in [-0.2, 0) is 11.3 Å². The minimum absolute atomic E-state index is 0. The number of carbonyl (C=O) groups is 1. The Kier molecular flexibility index (Phi) is 7.95. The van der Waals surface area contributed by atoms with Crippen molar-refractivity contribution in [2.24, 2.45) is 0 Å². The van der Waals surface area contributed by atoms with Crippen molar-refractivity contribution in [1.82, 2.24) is 10.2 Å². The molecule has 0 bridgehead atoms. The van der Waals surface area contributed by atoms with Crippen LogP contribution in [0.1, 0.15) is 12.0 Å². The summed E-state index contributed by atoms with van der Waals surface area (Å²) in [5.41, 5.74) is 1.15. The Labute approximate surface area is 139 Å². The zero-order valence-electron chi connectivity index (χ0n) is 11.5. The predicted molar refractivity (Wildman–Crippen MR) is 91.6 cm³/mol. The van der Waals surface area contributed by atoms with Crippen molar-refractivity contribution in [3.63, 3.8) is 0 Å². The van der Waals surface area contributed by atoms with Crippen molar-refractivity contribution in [3.05, 3.63) is 34.3 Å². The van der Waals surface area contributed by atoms with E-state index in [1.54, 1.807) is 0 Å². The molecule has 0 saturated carbocycles. The molecule has 20 heavy (non-hydrogen) atoms. The van der Waals surface area contributed by atoms with Crippen LogP contribution in [0.25, 0.3) is 0 Å². The third kappa shape index (κ3) is 5.64. The van der Waals surface area contributed by atoms with E-state index in [2.05, 4.69) is 27.3 Å². The summed E-state index contributed by atoms with van der Waals surface area (Å²) in [7, 11) is 1.87. The van der Waals surface area contributed by atoms with Gasteiger partial charge >= 0.3 is 0 Å². The van der Waals surface area contributed by atoms with Gasteiger partial charge in [0.05, 0.1) is 0 Å². The molecule has 0 aromatic heterocycles. The van der Waals surface area contributed by atoms with Crippen molar-refractivity contribution < 1.29 is 4.79 Å². The van der Waals surface area contributed by atoms with Gasteiger partial charge in [-0.05, 0) is 17.7 Å². The van der Waals surface area contributed by atoms with E-state index < -0.39 is 0 Å². The second kappa shape index (κ2) is 8.93. The van der Waals surface area contributed by atoms with Crippen LogP contribution < -0.4 is 5.32 Å². The highest BCUT2D eigenvalue weighted by molar-refractivity contribution is 9.10. The van der Waals surface area contributed by atoms with Crippen LogP contribution >= 0.6 is 40.1 Å². The molecule has 112 valence electrons. The SMILES string of the molecule is CN(Cc1cccc(Br)c1)C(=O)CC1CSCCN1.Cl. The second-order valence-corrected chi connectivity index (χ2v) is 6.88. The summed E-state index contributed by atoms with van der Waals surface area (Å²) >= 11 is 5.38. The quantitative estimate of drug-likeness (QED) is 0.873. The molecule has 2 rings (SSSR count). The number of amides is 1. The summed E-state index contributed by atoms with van der Waals surface area (Å²) in [6.07, 6.45) is 0.595. The molecule has 1 atom stereocenters. The van der Waals surface area contributed by atoms with E-state index in [0.29, 0.717) is 19.0 Å².